The van der Waals surface area contributed by atoms with Crippen LogP contribution in [0.2, 0.25) is 0 Å². The van der Waals surface area contributed by atoms with Gasteiger partial charge in [-0.15, -0.1) is 0 Å². The summed E-state index contributed by atoms with van der Waals surface area (Å²) in [6, 6.07) is 5.57. The number of nitrogens with two attached hydrogens (primary N) is 1. The van der Waals surface area contributed by atoms with Gasteiger partial charge in [0.05, 0.1) is 10.7 Å². The molecule has 2 aromatic heterocycles. The lowest BCUT2D eigenvalue weighted by Crippen LogP contribution is -2.10. The van der Waals surface area contributed by atoms with Crippen molar-refractivity contribution >= 4 is 48.8 Å². The van der Waals surface area contributed by atoms with Gasteiger partial charge < -0.3 is 4.74 Å². The molecule has 9 heteroatoms. The summed E-state index contributed by atoms with van der Waals surface area (Å²) in [5, 5.41) is 7.33. The highest BCUT2D eigenvalue weighted by Crippen LogP contribution is 2.33. The first kappa shape index (κ1) is 13.3. The van der Waals surface area contributed by atoms with E-state index in [0.29, 0.717) is 22.7 Å². The van der Waals surface area contributed by atoms with Gasteiger partial charge in [0, 0.05) is 4.47 Å². The number of nitrogen functional groups attached to an aromatic ring is 1. The number of rotatable bonds is 3. The van der Waals surface area contributed by atoms with Gasteiger partial charge in [-0.3, -0.25) is 10.5 Å². The molecule has 0 atom stereocenters. The maximum absolute atomic E-state index is 5.80. The van der Waals surface area contributed by atoms with E-state index in [-0.39, 0.29) is 5.95 Å². The highest BCUT2D eigenvalue weighted by Gasteiger charge is 2.12. The first-order chi connectivity index (χ1) is 9.67. The van der Waals surface area contributed by atoms with Crippen LogP contribution in [-0.4, -0.2) is 20.2 Å². The van der Waals surface area contributed by atoms with Crippen LogP contribution in [0, 0.1) is 0 Å². The van der Waals surface area contributed by atoms with Crippen molar-refractivity contribution < 1.29 is 4.74 Å². The number of hydrazine groups is 1. The standard InChI is InChI=1S/C11H8Br2N6O/c12-5-1-2-8(7(13)3-5)20-10-6-4-15-19-9(6)16-11(17-10)18-14/h1-4H,14H2,(H2,15,16,17,18,19). The molecule has 3 aromatic rings. The van der Waals surface area contributed by atoms with Crippen LogP contribution in [0.25, 0.3) is 11.0 Å². The molecule has 0 amide bonds. The van der Waals surface area contributed by atoms with Gasteiger partial charge in [-0.1, -0.05) is 15.9 Å². The van der Waals surface area contributed by atoms with Crippen LogP contribution >= 0.6 is 31.9 Å². The molecule has 4 N–H and O–H groups in total. The number of ether oxygens (including phenoxy) is 1. The molecule has 0 aliphatic carbocycles. The maximum atomic E-state index is 5.80. The number of hydrogen-bond acceptors (Lipinski definition) is 6. The number of anilines is 1. The van der Waals surface area contributed by atoms with Crippen LogP contribution in [0.15, 0.2) is 33.3 Å². The summed E-state index contributed by atoms with van der Waals surface area (Å²) >= 11 is 6.82. The number of nitrogens with one attached hydrogen (secondary N) is 2. The molecule has 0 radical (unpaired) electrons. The Morgan fingerprint density at radius 1 is 1.25 bits per heavy atom. The number of halogens is 2. The Hall–Kier alpha value is -1.71. The minimum absolute atomic E-state index is 0.241. The number of aromatic nitrogens is 4. The lowest BCUT2D eigenvalue weighted by atomic mass is 10.3. The van der Waals surface area contributed by atoms with Crippen LogP contribution in [-0.2, 0) is 0 Å². The van der Waals surface area contributed by atoms with E-state index in [2.05, 4.69) is 57.5 Å². The molecule has 2 heterocycles. The lowest BCUT2D eigenvalue weighted by Gasteiger charge is -2.09. The van der Waals surface area contributed by atoms with Crippen molar-refractivity contribution in [2.45, 2.75) is 0 Å². The molecule has 0 aliphatic heterocycles. The molecular formula is C11H8Br2N6O. The molecular weight excluding hydrogens is 392 g/mol. The van der Waals surface area contributed by atoms with E-state index in [1.54, 1.807) is 6.20 Å². The van der Waals surface area contributed by atoms with Crippen LogP contribution in [0.1, 0.15) is 0 Å². The Labute approximate surface area is 130 Å². The first-order valence-electron chi connectivity index (χ1n) is 5.48. The van der Waals surface area contributed by atoms with E-state index in [4.69, 9.17) is 10.6 Å². The fourth-order valence-electron chi connectivity index (χ4n) is 1.61. The predicted octanol–water partition coefficient (Wildman–Crippen LogP) is 2.96. The quantitative estimate of drug-likeness (QED) is 0.462. The van der Waals surface area contributed by atoms with E-state index in [1.807, 2.05) is 18.2 Å². The SMILES string of the molecule is NNc1nc(Oc2ccc(Br)cc2Br)c2cn[nH]c2n1. The number of benzene rings is 1. The molecule has 20 heavy (non-hydrogen) atoms. The van der Waals surface area contributed by atoms with Gasteiger partial charge in [-0.25, -0.2) is 5.84 Å². The fourth-order valence-corrected chi connectivity index (χ4v) is 2.74. The zero-order chi connectivity index (χ0) is 14.1. The summed E-state index contributed by atoms with van der Waals surface area (Å²) in [5.74, 6) is 6.57. The third-order valence-electron chi connectivity index (χ3n) is 2.50. The third-order valence-corrected chi connectivity index (χ3v) is 3.62. The fraction of sp³-hybridized carbons (Fsp3) is 0. The van der Waals surface area contributed by atoms with Gasteiger partial charge >= 0.3 is 0 Å². The summed E-state index contributed by atoms with van der Waals surface area (Å²) in [7, 11) is 0. The van der Waals surface area contributed by atoms with Crippen LogP contribution in [0.5, 0.6) is 11.6 Å². The van der Waals surface area contributed by atoms with Gasteiger partial charge in [0.1, 0.15) is 11.1 Å². The zero-order valence-corrected chi connectivity index (χ0v) is 13.1. The Bertz CT molecular complexity index is 775. The molecule has 7 nitrogen and oxygen atoms in total. The number of hydrogen-bond donors (Lipinski definition) is 3. The lowest BCUT2D eigenvalue weighted by molar-refractivity contribution is 0.466. The average Bonchev–Trinajstić information content (AvgIpc) is 2.90. The first-order valence-corrected chi connectivity index (χ1v) is 7.06. The smallest absolute Gasteiger partial charge is 0.242 e. The molecule has 3 rings (SSSR count). The zero-order valence-electron chi connectivity index (χ0n) is 9.89. The number of H-pyrrole nitrogens is 1. The topological polar surface area (TPSA) is 102 Å². The summed E-state index contributed by atoms with van der Waals surface area (Å²) in [4.78, 5) is 8.32. The molecule has 102 valence electrons. The molecule has 1 aromatic carbocycles. The summed E-state index contributed by atoms with van der Waals surface area (Å²) in [6.45, 7) is 0. The minimum atomic E-state index is 0.241. The van der Waals surface area contributed by atoms with Crippen molar-refractivity contribution in [3.8, 4) is 11.6 Å². The summed E-state index contributed by atoms with van der Waals surface area (Å²) in [5.41, 5.74) is 2.93. The monoisotopic (exact) mass is 398 g/mol. The number of nitrogens with zero attached hydrogens (tertiary/aromatic N) is 3. The largest absolute Gasteiger partial charge is 0.437 e. The van der Waals surface area contributed by atoms with Gasteiger partial charge in [0.2, 0.25) is 11.8 Å². The second kappa shape index (κ2) is 5.35. The van der Waals surface area contributed by atoms with Crippen molar-refractivity contribution in [3.05, 3.63) is 33.3 Å². The second-order valence-corrected chi connectivity index (χ2v) is 5.58. The highest BCUT2D eigenvalue weighted by molar-refractivity contribution is 9.11. The summed E-state index contributed by atoms with van der Waals surface area (Å²) < 4.78 is 7.54. The van der Waals surface area contributed by atoms with E-state index >= 15 is 0 Å². The van der Waals surface area contributed by atoms with Crippen molar-refractivity contribution in [1.82, 2.24) is 20.2 Å². The maximum Gasteiger partial charge on any atom is 0.242 e. The van der Waals surface area contributed by atoms with E-state index in [9.17, 15) is 0 Å². The van der Waals surface area contributed by atoms with E-state index in [0.717, 1.165) is 8.95 Å². The van der Waals surface area contributed by atoms with Crippen molar-refractivity contribution in [1.29, 1.82) is 0 Å². The Kier molecular flexibility index (Phi) is 3.55. The minimum Gasteiger partial charge on any atom is -0.437 e. The Morgan fingerprint density at radius 3 is 2.85 bits per heavy atom. The predicted molar refractivity (Wildman–Crippen MR) is 81.4 cm³/mol. The molecule has 0 saturated heterocycles. The highest BCUT2D eigenvalue weighted by atomic mass is 79.9. The molecule has 0 aliphatic rings. The normalized spacial score (nSPS) is 10.8. The van der Waals surface area contributed by atoms with Gasteiger partial charge in [-0.05, 0) is 34.1 Å². The summed E-state index contributed by atoms with van der Waals surface area (Å²) in [6.07, 6.45) is 1.59. The van der Waals surface area contributed by atoms with Crippen molar-refractivity contribution in [3.63, 3.8) is 0 Å². The third kappa shape index (κ3) is 2.47. The van der Waals surface area contributed by atoms with Crippen molar-refractivity contribution in [2.24, 2.45) is 5.84 Å². The molecule has 0 saturated carbocycles. The van der Waals surface area contributed by atoms with Gasteiger partial charge in [-0.2, -0.15) is 15.1 Å². The Morgan fingerprint density at radius 2 is 2.10 bits per heavy atom. The van der Waals surface area contributed by atoms with Crippen LogP contribution in [0.4, 0.5) is 5.95 Å². The number of fused-ring (bicyclic) bond motifs is 1. The van der Waals surface area contributed by atoms with Gasteiger partial charge in [0.15, 0.2) is 5.65 Å². The average molecular weight is 400 g/mol. The van der Waals surface area contributed by atoms with E-state index < -0.39 is 0 Å². The molecule has 0 fully saturated rings. The van der Waals surface area contributed by atoms with Crippen LogP contribution in [0.3, 0.4) is 0 Å². The van der Waals surface area contributed by atoms with Crippen molar-refractivity contribution in [2.75, 3.05) is 5.43 Å². The molecule has 0 bridgehead atoms. The number of aromatic amines is 1. The van der Waals surface area contributed by atoms with Gasteiger partial charge in [0.25, 0.3) is 0 Å². The molecule has 0 unspecified atom stereocenters. The Balaban J connectivity index is 2.07. The molecule has 0 spiro atoms. The second-order valence-electron chi connectivity index (χ2n) is 3.81. The van der Waals surface area contributed by atoms with Crippen LogP contribution < -0.4 is 16.0 Å². The van der Waals surface area contributed by atoms with E-state index in [1.165, 1.54) is 0 Å².